The molecule has 0 fully saturated rings. The van der Waals surface area contributed by atoms with E-state index in [0.29, 0.717) is 5.69 Å². The molecule has 5 heteroatoms. The summed E-state index contributed by atoms with van der Waals surface area (Å²) in [5, 5.41) is 4.80. The summed E-state index contributed by atoms with van der Waals surface area (Å²) in [6.07, 6.45) is 0. The van der Waals surface area contributed by atoms with E-state index >= 15 is 0 Å². The van der Waals surface area contributed by atoms with Crippen LogP contribution in [0.2, 0.25) is 0 Å². The highest BCUT2D eigenvalue weighted by Gasteiger charge is 2.14. The maximum Gasteiger partial charge on any atom is 0.0938 e. The Kier molecular flexibility index (Phi) is 5.07. The highest BCUT2D eigenvalue weighted by Crippen LogP contribution is 2.42. The normalized spacial score (nSPS) is 9.50. The molecule has 0 spiro atoms. The molecule has 0 aliphatic carbocycles. The molecule has 2 rings (SSSR count). The fraction of sp³-hybridized carbons (Fsp3) is 0.0667. The summed E-state index contributed by atoms with van der Waals surface area (Å²) in [5.74, 6) is 0. The minimum Gasteiger partial charge on any atom is -0.194 e. The molecule has 2 nitrogen and oxygen atoms in total. The number of isothiocyanates is 2. The van der Waals surface area contributed by atoms with Gasteiger partial charge in [-0.25, -0.2) is 0 Å². The van der Waals surface area contributed by atoms with Crippen LogP contribution in [-0.4, -0.2) is 10.3 Å². The second-order valence-electron chi connectivity index (χ2n) is 4.00. The first kappa shape index (κ1) is 14.9. The highest BCUT2D eigenvalue weighted by atomic mass is 79.9. The first-order valence-electron chi connectivity index (χ1n) is 5.73. The summed E-state index contributed by atoms with van der Waals surface area (Å²) in [6, 6.07) is 11.9. The Bertz CT molecular complexity index is 744. The first-order chi connectivity index (χ1) is 9.69. The van der Waals surface area contributed by atoms with Gasteiger partial charge in [-0.1, -0.05) is 30.3 Å². The maximum absolute atomic E-state index is 4.72. The van der Waals surface area contributed by atoms with Gasteiger partial charge in [0.2, 0.25) is 0 Å². The van der Waals surface area contributed by atoms with Gasteiger partial charge in [0.05, 0.1) is 26.2 Å². The van der Waals surface area contributed by atoms with Gasteiger partial charge in [0, 0.05) is 11.1 Å². The molecule has 0 radical (unpaired) electrons. The second-order valence-corrected chi connectivity index (χ2v) is 5.16. The third kappa shape index (κ3) is 2.98. The molecule has 0 aliphatic rings. The third-order valence-corrected chi connectivity index (χ3v) is 3.86. The van der Waals surface area contributed by atoms with Crippen molar-refractivity contribution in [3.05, 3.63) is 46.4 Å². The molecule has 0 bridgehead atoms. The Morgan fingerprint density at radius 2 is 1.70 bits per heavy atom. The zero-order chi connectivity index (χ0) is 14.5. The van der Waals surface area contributed by atoms with E-state index in [1.54, 1.807) is 0 Å². The van der Waals surface area contributed by atoms with E-state index in [1.807, 2.05) is 43.3 Å². The van der Waals surface area contributed by atoms with Crippen molar-refractivity contribution in [3.8, 4) is 11.1 Å². The molecule has 20 heavy (non-hydrogen) atoms. The molecular formula is C15H9BrN2S2. The number of hydrogen-bond acceptors (Lipinski definition) is 4. The zero-order valence-electron chi connectivity index (χ0n) is 10.6. The largest absolute Gasteiger partial charge is 0.194 e. The van der Waals surface area contributed by atoms with Crippen molar-refractivity contribution in [1.82, 2.24) is 0 Å². The Morgan fingerprint density at radius 1 is 1.05 bits per heavy atom. The van der Waals surface area contributed by atoms with E-state index in [2.05, 4.69) is 36.2 Å². The van der Waals surface area contributed by atoms with Crippen LogP contribution in [0.3, 0.4) is 0 Å². The standard InChI is InChI=1S/C15H9BrN2S2/c1-10-13(17-8-19)7-12(11-5-3-2-4-6-11)14(16)15(10)18-9-20/h2-7H,1H3. The van der Waals surface area contributed by atoms with Crippen LogP contribution < -0.4 is 0 Å². The van der Waals surface area contributed by atoms with Crippen LogP contribution in [-0.2, 0) is 0 Å². The minimum atomic E-state index is 0.713. The topological polar surface area (TPSA) is 24.7 Å². The van der Waals surface area contributed by atoms with E-state index in [1.165, 1.54) is 0 Å². The van der Waals surface area contributed by atoms with E-state index < -0.39 is 0 Å². The Hall–Kier alpha value is -1.48. The Balaban J connectivity index is 2.81. The van der Waals surface area contributed by atoms with Crippen molar-refractivity contribution in [3.63, 3.8) is 0 Å². The van der Waals surface area contributed by atoms with Crippen LogP contribution in [0.25, 0.3) is 11.1 Å². The van der Waals surface area contributed by atoms with Crippen LogP contribution in [0, 0.1) is 6.92 Å². The summed E-state index contributed by atoms with van der Waals surface area (Å²) in [5.41, 5.74) is 4.35. The third-order valence-electron chi connectivity index (χ3n) is 2.87. The molecule has 0 saturated heterocycles. The van der Waals surface area contributed by atoms with Gasteiger partial charge in [0.15, 0.2) is 0 Å². The second kappa shape index (κ2) is 6.80. The van der Waals surface area contributed by atoms with Gasteiger partial charge in [-0.2, -0.15) is 9.98 Å². The lowest BCUT2D eigenvalue weighted by atomic mass is 10.0. The number of benzene rings is 2. The Morgan fingerprint density at radius 3 is 2.30 bits per heavy atom. The van der Waals surface area contributed by atoms with E-state index in [4.69, 9.17) is 24.4 Å². The summed E-state index contributed by atoms with van der Waals surface area (Å²) in [7, 11) is 0. The molecule has 0 amide bonds. The molecular weight excluding hydrogens is 352 g/mol. The number of halogens is 1. The average Bonchev–Trinajstić information content (AvgIpc) is 2.47. The van der Waals surface area contributed by atoms with Crippen molar-refractivity contribution < 1.29 is 0 Å². The summed E-state index contributed by atoms with van der Waals surface area (Å²) >= 11 is 13.0. The van der Waals surface area contributed by atoms with E-state index in [-0.39, 0.29) is 0 Å². The SMILES string of the molecule is Cc1c(N=C=S)cc(-c2ccccc2)c(Br)c1N=C=S. The molecule has 0 aliphatic heterocycles. The number of nitrogens with zero attached hydrogens (tertiary/aromatic N) is 2. The lowest BCUT2D eigenvalue weighted by molar-refractivity contribution is 1.35. The van der Waals surface area contributed by atoms with Gasteiger partial charge in [-0.3, -0.25) is 0 Å². The maximum atomic E-state index is 4.72. The number of aliphatic imine (C=N–C) groups is 2. The van der Waals surface area contributed by atoms with Crippen LogP contribution >= 0.6 is 40.4 Å². The summed E-state index contributed by atoms with van der Waals surface area (Å²) in [6.45, 7) is 1.91. The molecule has 2 aromatic rings. The quantitative estimate of drug-likeness (QED) is 0.503. The number of rotatable bonds is 3. The van der Waals surface area contributed by atoms with Crippen molar-refractivity contribution in [2.24, 2.45) is 9.98 Å². The average molecular weight is 361 g/mol. The van der Waals surface area contributed by atoms with Gasteiger partial charge in [0.1, 0.15) is 0 Å². The molecule has 98 valence electrons. The van der Waals surface area contributed by atoms with Crippen LogP contribution in [0.1, 0.15) is 5.56 Å². The zero-order valence-corrected chi connectivity index (χ0v) is 13.8. The smallest absolute Gasteiger partial charge is 0.0938 e. The molecule has 0 aromatic heterocycles. The van der Waals surface area contributed by atoms with Crippen molar-refractivity contribution >= 4 is 62.1 Å². The molecule has 0 saturated carbocycles. The van der Waals surface area contributed by atoms with Crippen molar-refractivity contribution in [2.45, 2.75) is 6.92 Å². The monoisotopic (exact) mass is 360 g/mol. The number of thiocarbonyl (C=S) groups is 2. The Labute approximate surface area is 136 Å². The van der Waals surface area contributed by atoms with E-state index in [9.17, 15) is 0 Å². The van der Waals surface area contributed by atoms with Gasteiger partial charge in [0.25, 0.3) is 0 Å². The van der Waals surface area contributed by atoms with Gasteiger partial charge >= 0.3 is 0 Å². The van der Waals surface area contributed by atoms with E-state index in [0.717, 1.165) is 26.9 Å². The van der Waals surface area contributed by atoms with Crippen molar-refractivity contribution in [1.29, 1.82) is 0 Å². The predicted molar refractivity (Wildman–Crippen MR) is 93.7 cm³/mol. The lowest BCUT2D eigenvalue weighted by Crippen LogP contribution is -1.85. The van der Waals surface area contributed by atoms with Crippen LogP contribution in [0.5, 0.6) is 0 Å². The molecule has 0 atom stereocenters. The molecule has 0 unspecified atom stereocenters. The highest BCUT2D eigenvalue weighted by molar-refractivity contribution is 9.10. The van der Waals surface area contributed by atoms with Gasteiger partial charge < -0.3 is 0 Å². The van der Waals surface area contributed by atoms with Gasteiger partial charge in [-0.05, 0) is 58.9 Å². The fourth-order valence-corrected chi connectivity index (χ4v) is 2.81. The van der Waals surface area contributed by atoms with Crippen LogP contribution in [0.4, 0.5) is 11.4 Å². The van der Waals surface area contributed by atoms with Crippen molar-refractivity contribution in [2.75, 3.05) is 0 Å². The predicted octanol–water partition coefficient (Wildman–Crippen LogP) is 5.89. The summed E-state index contributed by atoms with van der Waals surface area (Å²) < 4.78 is 0.863. The van der Waals surface area contributed by atoms with Gasteiger partial charge in [-0.15, -0.1) is 0 Å². The molecule has 0 heterocycles. The molecule has 2 aromatic carbocycles. The first-order valence-corrected chi connectivity index (χ1v) is 7.34. The minimum absolute atomic E-state index is 0.713. The lowest BCUT2D eigenvalue weighted by Gasteiger charge is -2.11. The summed E-state index contributed by atoms with van der Waals surface area (Å²) in [4.78, 5) is 8.23. The molecule has 0 N–H and O–H groups in total. The number of hydrogen-bond donors (Lipinski definition) is 0. The van der Waals surface area contributed by atoms with Crippen LogP contribution in [0.15, 0.2) is 50.9 Å². The fourth-order valence-electron chi connectivity index (χ4n) is 1.89.